The average Bonchev–Trinajstić information content (AvgIpc) is 2.50. The van der Waals surface area contributed by atoms with E-state index < -0.39 is 6.36 Å². The number of ether oxygens (including phenoxy) is 1. The second kappa shape index (κ2) is 10.3. The first-order valence-electron chi connectivity index (χ1n) is 7.85. The lowest BCUT2D eigenvalue weighted by atomic mass is 9.90. The van der Waals surface area contributed by atoms with Crippen molar-refractivity contribution in [1.82, 2.24) is 10.2 Å². The summed E-state index contributed by atoms with van der Waals surface area (Å²) in [7, 11) is 0. The second-order valence-corrected chi connectivity index (χ2v) is 5.88. The Kier molecular flexibility index (Phi) is 9.94. The van der Waals surface area contributed by atoms with Crippen LogP contribution in [-0.2, 0) is 0 Å². The fourth-order valence-corrected chi connectivity index (χ4v) is 3.01. The van der Waals surface area contributed by atoms with Gasteiger partial charge in [-0.05, 0) is 24.1 Å². The Morgan fingerprint density at radius 2 is 1.84 bits per heavy atom. The van der Waals surface area contributed by atoms with Crippen LogP contribution in [0, 0.1) is 5.92 Å². The van der Waals surface area contributed by atoms with E-state index >= 15 is 0 Å². The van der Waals surface area contributed by atoms with Crippen LogP contribution < -0.4 is 10.1 Å². The zero-order chi connectivity index (χ0) is 17.0. The molecule has 0 saturated carbocycles. The van der Waals surface area contributed by atoms with Crippen LogP contribution in [0.15, 0.2) is 18.2 Å². The maximum atomic E-state index is 12.5. The number of alkyl halides is 3. The third-order valence-corrected chi connectivity index (χ3v) is 4.28. The minimum atomic E-state index is -4.74. The van der Waals surface area contributed by atoms with E-state index in [2.05, 4.69) is 15.0 Å². The molecule has 146 valence electrons. The topological polar surface area (TPSA) is 44.7 Å². The number of phenolic OH excluding ortho intramolecular Hbond substituents is 1. The molecule has 0 radical (unpaired) electrons. The summed E-state index contributed by atoms with van der Waals surface area (Å²) in [6, 6.07) is 3.58. The van der Waals surface area contributed by atoms with Gasteiger partial charge >= 0.3 is 6.36 Å². The van der Waals surface area contributed by atoms with Crippen molar-refractivity contribution >= 4 is 24.8 Å². The first kappa shape index (κ1) is 24.1. The highest BCUT2D eigenvalue weighted by molar-refractivity contribution is 5.85. The third-order valence-electron chi connectivity index (χ3n) is 4.28. The van der Waals surface area contributed by atoms with Crippen LogP contribution in [0.1, 0.15) is 31.9 Å². The van der Waals surface area contributed by atoms with Crippen LogP contribution in [0.5, 0.6) is 11.5 Å². The second-order valence-electron chi connectivity index (χ2n) is 5.88. The van der Waals surface area contributed by atoms with Gasteiger partial charge in [-0.3, -0.25) is 4.90 Å². The van der Waals surface area contributed by atoms with E-state index in [0.29, 0.717) is 5.56 Å². The molecule has 1 unspecified atom stereocenters. The van der Waals surface area contributed by atoms with Gasteiger partial charge in [0.05, 0.1) is 0 Å². The van der Waals surface area contributed by atoms with Gasteiger partial charge in [0.25, 0.3) is 0 Å². The van der Waals surface area contributed by atoms with E-state index in [1.165, 1.54) is 12.1 Å². The number of rotatable bonds is 5. The lowest BCUT2D eigenvalue weighted by Gasteiger charge is -2.38. The first-order valence-corrected chi connectivity index (χ1v) is 7.85. The molecule has 9 heteroatoms. The Balaban J connectivity index is 0.00000288. The normalized spacial score (nSPS) is 17.8. The van der Waals surface area contributed by atoms with Crippen molar-refractivity contribution in [1.29, 1.82) is 0 Å². The number of hydrogen-bond acceptors (Lipinski definition) is 4. The van der Waals surface area contributed by atoms with Crippen molar-refractivity contribution < 1.29 is 23.0 Å². The van der Waals surface area contributed by atoms with Gasteiger partial charge in [-0.15, -0.1) is 38.0 Å². The van der Waals surface area contributed by atoms with Crippen molar-refractivity contribution in [2.45, 2.75) is 32.7 Å². The molecule has 1 aromatic carbocycles. The minimum absolute atomic E-state index is 0. The van der Waals surface area contributed by atoms with Crippen molar-refractivity contribution in [3.8, 4) is 11.5 Å². The molecule has 0 aromatic heterocycles. The maximum absolute atomic E-state index is 12.5. The third kappa shape index (κ3) is 6.73. The van der Waals surface area contributed by atoms with E-state index in [4.69, 9.17) is 0 Å². The molecule has 2 atom stereocenters. The summed E-state index contributed by atoms with van der Waals surface area (Å²) in [5.41, 5.74) is 0.489. The van der Waals surface area contributed by atoms with Crippen LogP contribution in [0.3, 0.4) is 0 Å². The molecule has 1 aromatic rings. The summed E-state index contributed by atoms with van der Waals surface area (Å²) in [5.74, 6) is -0.0998. The van der Waals surface area contributed by atoms with Gasteiger partial charge in [0.15, 0.2) is 0 Å². The molecule has 2 N–H and O–H groups in total. The summed E-state index contributed by atoms with van der Waals surface area (Å²) in [6.07, 6.45) is -3.88. The number of nitrogens with one attached hydrogen (secondary N) is 1. The molecular formula is C16H25Cl2F3N2O2. The van der Waals surface area contributed by atoms with Gasteiger partial charge in [-0.2, -0.15) is 0 Å². The highest BCUT2D eigenvalue weighted by Gasteiger charge is 2.33. The van der Waals surface area contributed by atoms with Crippen molar-refractivity contribution in [2.24, 2.45) is 5.92 Å². The molecule has 1 aliphatic rings. The fourth-order valence-electron chi connectivity index (χ4n) is 3.01. The minimum Gasteiger partial charge on any atom is -0.508 e. The van der Waals surface area contributed by atoms with Gasteiger partial charge in [-0.25, -0.2) is 0 Å². The Labute approximate surface area is 158 Å². The molecule has 0 bridgehead atoms. The molecule has 0 amide bonds. The number of aromatic hydroxyl groups is 1. The van der Waals surface area contributed by atoms with Crippen LogP contribution in [0.2, 0.25) is 0 Å². The summed E-state index contributed by atoms with van der Waals surface area (Å²) >= 11 is 0. The van der Waals surface area contributed by atoms with Crippen molar-refractivity contribution in [2.75, 3.05) is 26.2 Å². The Morgan fingerprint density at radius 3 is 2.36 bits per heavy atom. The van der Waals surface area contributed by atoms with Crippen LogP contribution >= 0.6 is 24.8 Å². The van der Waals surface area contributed by atoms with E-state index in [9.17, 15) is 18.3 Å². The predicted molar refractivity (Wildman–Crippen MR) is 95.9 cm³/mol. The zero-order valence-electron chi connectivity index (χ0n) is 14.2. The number of piperazine rings is 1. The molecule has 25 heavy (non-hydrogen) atoms. The number of hydrogen-bond donors (Lipinski definition) is 2. The quantitative estimate of drug-likeness (QED) is 0.774. The molecule has 1 fully saturated rings. The lowest BCUT2D eigenvalue weighted by Crippen LogP contribution is -2.46. The molecule has 2 rings (SSSR count). The largest absolute Gasteiger partial charge is 0.573 e. The standard InChI is InChI=1S/C16H23F3N2O2.2ClH/c1-3-11(2)15(21-8-6-20-7-9-21)13-10-12(4-5-14(13)22)23-16(17,18)19;;/h4-5,10-11,15,20,22H,3,6-9H2,1-2H3;2*1H/t11?,15-;;/m1../s1. The molecule has 1 heterocycles. The molecule has 1 aliphatic heterocycles. The molecule has 0 spiro atoms. The smallest absolute Gasteiger partial charge is 0.508 e. The van der Waals surface area contributed by atoms with E-state index in [-0.39, 0.29) is 48.3 Å². The average molecular weight is 405 g/mol. The predicted octanol–water partition coefficient (Wildman–Crippen LogP) is 4.13. The molecular weight excluding hydrogens is 380 g/mol. The highest BCUT2D eigenvalue weighted by Crippen LogP contribution is 2.38. The number of halogens is 5. The van der Waals surface area contributed by atoms with Gasteiger partial charge < -0.3 is 15.2 Å². The number of nitrogens with zero attached hydrogens (tertiary/aromatic N) is 1. The van der Waals surface area contributed by atoms with Gasteiger partial charge in [0.1, 0.15) is 11.5 Å². The zero-order valence-corrected chi connectivity index (χ0v) is 15.8. The highest BCUT2D eigenvalue weighted by atomic mass is 35.5. The van der Waals surface area contributed by atoms with Gasteiger partial charge in [-0.1, -0.05) is 20.3 Å². The molecule has 4 nitrogen and oxygen atoms in total. The summed E-state index contributed by atoms with van der Waals surface area (Å²) in [5, 5.41) is 13.5. The molecule has 1 saturated heterocycles. The SMILES string of the molecule is CCC(C)[C@H](c1cc(OC(F)(F)F)ccc1O)N1CCNCC1.Cl.Cl. The summed E-state index contributed by atoms with van der Waals surface area (Å²) in [6.45, 7) is 7.31. The summed E-state index contributed by atoms with van der Waals surface area (Å²) < 4.78 is 41.4. The van der Waals surface area contributed by atoms with Gasteiger partial charge in [0, 0.05) is 37.8 Å². The monoisotopic (exact) mass is 404 g/mol. The van der Waals surface area contributed by atoms with Crippen molar-refractivity contribution in [3.63, 3.8) is 0 Å². The lowest BCUT2D eigenvalue weighted by molar-refractivity contribution is -0.274. The van der Waals surface area contributed by atoms with Crippen LogP contribution in [-0.4, -0.2) is 42.5 Å². The number of phenols is 1. The summed E-state index contributed by atoms with van der Waals surface area (Å²) in [4.78, 5) is 2.21. The Bertz CT molecular complexity index is 527. The maximum Gasteiger partial charge on any atom is 0.573 e. The van der Waals surface area contributed by atoms with E-state index in [1.807, 2.05) is 13.8 Å². The van der Waals surface area contributed by atoms with Crippen LogP contribution in [0.25, 0.3) is 0 Å². The van der Waals surface area contributed by atoms with Gasteiger partial charge in [0.2, 0.25) is 0 Å². The fraction of sp³-hybridized carbons (Fsp3) is 0.625. The molecule has 0 aliphatic carbocycles. The number of benzene rings is 1. The van der Waals surface area contributed by atoms with E-state index in [0.717, 1.165) is 38.7 Å². The van der Waals surface area contributed by atoms with E-state index in [1.54, 1.807) is 0 Å². The Morgan fingerprint density at radius 1 is 1.24 bits per heavy atom. The first-order chi connectivity index (χ1) is 10.8. The van der Waals surface area contributed by atoms with Crippen molar-refractivity contribution in [3.05, 3.63) is 23.8 Å². The Hall–Kier alpha value is -0.890. The van der Waals surface area contributed by atoms with Crippen LogP contribution in [0.4, 0.5) is 13.2 Å².